The van der Waals surface area contributed by atoms with E-state index in [0.717, 1.165) is 30.2 Å². The van der Waals surface area contributed by atoms with Crippen molar-refractivity contribution in [3.63, 3.8) is 0 Å². The van der Waals surface area contributed by atoms with Crippen LogP contribution in [0.25, 0.3) is 0 Å². The molecule has 1 heterocycles. The fourth-order valence-corrected chi connectivity index (χ4v) is 1.60. The highest BCUT2D eigenvalue weighted by atomic mass is 35.5. The highest BCUT2D eigenvalue weighted by Crippen LogP contribution is 2.13. The Balaban J connectivity index is 2.33. The second kappa shape index (κ2) is 6.13. The predicted molar refractivity (Wildman–Crippen MR) is 64.3 cm³/mol. The van der Waals surface area contributed by atoms with Crippen LogP contribution in [0, 0.1) is 6.92 Å². The second-order valence-corrected chi connectivity index (χ2v) is 4.35. The van der Waals surface area contributed by atoms with Crippen molar-refractivity contribution in [1.29, 1.82) is 0 Å². The van der Waals surface area contributed by atoms with Gasteiger partial charge in [-0.05, 0) is 33.2 Å². The minimum absolute atomic E-state index is 0.535. The Morgan fingerprint density at radius 3 is 2.87 bits per heavy atom. The molecule has 0 amide bonds. The molecule has 0 fully saturated rings. The van der Waals surface area contributed by atoms with Gasteiger partial charge in [-0.3, -0.25) is 4.68 Å². The molecule has 1 rings (SSSR count). The molecule has 1 aromatic heterocycles. The Morgan fingerprint density at radius 1 is 1.60 bits per heavy atom. The summed E-state index contributed by atoms with van der Waals surface area (Å²) in [6, 6.07) is 0.535. The van der Waals surface area contributed by atoms with Crippen molar-refractivity contribution in [2.45, 2.75) is 46.2 Å². The number of aryl methyl sites for hydroxylation is 1. The maximum atomic E-state index is 5.93. The summed E-state index contributed by atoms with van der Waals surface area (Å²) >= 11 is 5.93. The minimum Gasteiger partial charge on any atom is -0.314 e. The summed E-state index contributed by atoms with van der Waals surface area (Å²) in [6.07, 6.45) is 3.97. The molecule has 0 saturated heterocycles. The Labute approximate surface area is 96.8 Å². The first-order valence-corrected chi connectivity index (χ1v) is 5.94. The van der Waals surface area contributed by atoms with E-state index in [-0.39, 0.29) is 0 Å². The van der Waals surface area contributed by atoms with Gasteiger partial charge in [-0.25, -0.2) is 0 Å². The van der Waals surface area contributed by atoms with E-state index in [9.17, 15) is 0 Å². The van der Waals surface area contributed by atoms with Crippen LogP contribution < -0.4 is 5.32 Å². The van der Waals surface area contributed by atoms with E-state index in [4.69, 9.17) is 11.6 Å². The van der Waals surface area contributed by atoms with Crippen LogP contribution in [-0.2, 0) is 6.54 Å². The van der Waals surface area contributed by atoms with E-state index in [1.807, 2.05) is 11.6 Å². The number of aromatic nitrogens is 2. The summed E-state index contributed by atoms with van der Waals surface area (Å²) in [7, 11) is 0. The number of hydrogen-bond donors (Lipinski definition) is 1. The lowest BCUT2D eigenvalue weighted by Crippen LogP contribution is -2.28. The van der Waals surface area contributed by atoms with Crippen molar-refractivity contribution >= 4 is 11.6 Å². The van der Waals surface area contributed by atoms with Gasteiger partial charge < -0.3 is 5.32 Å². The number of nitrogens with one attached hydrogen (secondary N) is 1. The van der Waals surface area contributed by atoms with Crippen molar-refractivity contribution in [1.82, 2.24) is 15.1 Å². The molecule has 1 N–H and O–H groups in total. The summed E-state index contributed by atoms with van der Waals surface area (Å²) in [4.78, 5) is 0. The first-order valence-electron chi connectivity index (χ1n) is 5.56. The monoisotopic (exact) mass is 229 g/mol. The average molecular weight is 230 g/mol. The van der Waals surface area contributed by atoms with E-state index >= 15 is 0 Å². The molecule has 0 spiro atoms. The number of halogens is 1. The largest absolute Gasteiger partial charge is 0.314 e. The lowest BCUT2D eigenvalue weighted by Gasteiger charge is -2.13. The van der Waals surface area contributed by atoms with Crippen LogP contribution in [-0.4, -0.2) is 22.4 Å². The van der Waals surface area contributed by atoms with Gasteiger partial charge in [-0.15, -0.1) is 0 Å². The van der Waals surface area contributed by atoms with Crippen molar-refractivity contribution in [2.75, 3.05) is 6.54 Å². The topological polar surface area (TPSA) is 29.9 Å². The molecule has 0 radical (unpaired) electrons. The average Bonchev–Trinajstić information content (AvgIpc) is 2.54. The standard InChI is InChI=1S/C11H20ClN3/c1-4-6-13-9(2)5-7-15-10(3)11(12)8-14-15/h8-9,13H,4-7H2,1-3H3. The Bertz CT molecular complexity index is 296. The van der Waals surface area contributed by atoms with Crippen LogP contribution in [0.5, 0.6) is 0 Å². The second-order valence-electron chi connectivity index (χ2n) is 3.94. The van der Waals surface area contributed by atoms with E-state index < -0.39 is 0 Å². The van der Waals surface area contributed by atoms with Gasteiger partial charge in [0.05, 0.1) is 16.9 Å². The summed E-state index contributed by atoms with van der Waals surface area (Å²) in [5.74, 6) is 0. The normalized spacial score (nSPS) is 13.1. The smallest absolute Gasteiger partial charge is 0.0814 e. The van der Waals surface area contributed by atoms with Gasteiger partial charge in [0.2, 0.25) is 0 Å². The maximum absolute atomic E-state index is 5.93. The van der Waals surface area contributed by atoms with E-state index in [2.05, 4.69) is 24.3 Å². The zero-order chi connectivity index (χ0) is 11.3. The van der Waals surface area contributed by atoms with Crippen molar-refractivity contribution in [3.05, 3.63) is 16.9 Å². The van der Waals surface area contributed by atoms with Gasteiger partial charge in [0.15, 0.2) is 0 Å². The van der Waals surface area contributed by atoms with E-state index in [1.165, 1.54) is 6.42 Å². The molecule has 1 atom stereocenters. The zero-order valence-electron chi connectivity index (χ0n) is 9.76. The van der Waals surface area contributed by atoms with E-state index in [0.29, 0.717) is 6.04 Å². The van der Waals surface area contributed by atoms with Crippen molar-refractivity contribution in [3.8, 4) is 0 Å². The van der Waals surface area contributed by atoms with Crippen molar-refractivity contribution < 1.29 is 0 Å². The van der Waals surface area contributed by atoms with Gasteiger partial charge in [-0.1, -0.05) is 18.5 Å². The molecule has 0 aliphatic heterocycles. The molecular weight excluding hydrogens is 210 g/mol. The van der Waals surface area contributed by atoms with Crippen LogP contribution in [0.3, 0.4) is 0 Å². The predicted octanol–water partition coefficient (Wildman–Crippen LogP) is 2.62. The zero-order valence-corrected chi connectivity index (χ0v) is 10.5. The first-order chi connectivity index (χ1) is 7.15. The van der Waals surface area contributed by atoms with E-state index in [1.54, 1.807) is 6.20 Å². The molecule has 0 aliphatic rings. The number of hydrogen-bond acceptors (Lipinski definition) is 2. The third kappa shape index (κ3) is 3.84. The molecule has 0 aliphatic carbocycles. The minimum atomic E-state index is 0.535. The third-order valence-corrected chi connectivity index (χ3v) is 2.93. The molecular formula is C11H20ClN3. The third-order valence-electron chi connectivity index (χ3n) is 2.56. The number of nitrogens with zero attached hydrogens (tertiary/aromatic N) is 2. The fourth-order valence-electron chi connectivity index (χ4n) is 1.46. The lowest BCUT2D eigenvalue weighted by molar-refractivity contribution is 0.455. The Hall–Kier alpha value is -0.540. The summed E-state index contributed by atoms with van der Waals surface area (Å²) in [5, 5.41) is 8.43. The molecule has 0 aromatic carbocycles. The molecule has 15 heavy (non-hydrogen) atoms. The molecule has 0 bridgehead atoms. The summed E-state index contributed by atoms with van der Waals surface area (Å²) < 4.78 is 1.96. The van der Waals surface area contributed by atoms with Gasteiger partial charge in [0, 0.05) is 12.6 Å². The van der Waals surface area contributed by atoms with Crippen LogP contribution in [0.4, 0.5) is 0 Å². The van der Waals surface area contributed by atoms with Gasteiger partial charge in [0.1, 0.15) is 0 Å². The lowest BCUT2D eigenvalue weighted by atomic mass is 10.2. The SMILES string of the molecule is CCCNC(C)CCn1ncc(Cl)c1C. The molecule has 86 valence electrons. The quantitative estimate of drug-likeness (QED) is 0.813. The fraction of sp³-hybridized carbons (Fsp3) is 0.727. The highest BCUT2D eigenvalue weighted by Gasteiger charge is 2.05. The first kappa shape index (κ1) is 12.5. The molecule has 4 heteroatoms. The highest BCUT2D eigenvalue weighted by molar-refractivity contribution is 6.31. The molecule has 3 nitrogen and oxygen atoms in total. The summed E-state index contributed by atoms with van der Waals surface area (Å²) in [6.45, 7) is 8.39. The molecule has 1 unspecified atom stereocenters. The van der Waals surface area contributed by atoms with Crippen molar-refractivity contribution in [2.24, 2.45) is 0 Å². The summed E-state index contributed by atoms with van der Waals surface area (Å²) in [5.41, 5.74) is 1.05. The number of rotatable bonds is 6. The van der Waals surface area contributed by atoms with Crippen LogP contribution in [0.2, 0.25) is 5.02 Å². The van der Waals surface area contributed by atoms with Crippen LogP contribution in [0.1, 0.15) is 32.4 Å². The Morgan fingerprint density at radius 2 is 2.33 bits per heavy atom. The van der Waals surface area contributed by atoms with Gasteiger partial charge in [-0.2, -0.15) is 5.10 Å². The molecule has 1 aromatic rings. The van der Waals surface area contributed by atoms with Crippen LogP contribution in [0.15, 0.2) is 6.20 Å². The molecule has 0 saturated carbocycles. The maximum Gasteiger partial charge on any atom is 0.0814 e. The van der Waals surface area contributed by atoms with Gasteiger partial charge >= 0.3 is 0 Å². The van der Waals surface area contributed by atoms with Gasteiger partial charge in [0.25, 0.3) is 0 Å². The Kier molecular flexibility index (Phi) is 5.12. The van der Waals surface area contributed by atoms with Crippen LogP contribution >= 0.6 is 11.6 Å².